The lowest BCUT2D eigenvalue weighted by Gasteiger charge is -2.44. The summed E-state index contributed by atoms with van der Waals surface area (Å²) in [6, 6.07) is 4.25. The van der Waals surface area contributed by atoms with Crippen molar-refractivity contribution in [3.8, 4) is 5.75 Å². The normalized spacial score (nSPS) is 22.7. The van der Waals surface area contributed by atoms with E-state index in [0.717, 1.165) is 23.3 Å². The Morgan fingerprint density at radius 1 is 1.19 bits per heavy atom. The van der Waals surface area contributed by atoms with Crippen LogP contribution in [0.25, 0.3) is 5.57 Å². The molecule has 1 fully saturated rings. The quantitative estimate of drug-likeness (QED) is 0.797. The molecule has 0 spiro atoms. The zero-order chi connectivity index (χ0) is 19.1. The van der Waals surface area contributed by atoms with Gasteiger partial charge in [-0.05, 0) is 75.4 Å². The number of benzene rings is 1. The highest BCUT2D eigenvalue weighted by Crippen LogP contribution is 2.36. The molecule has 5 nitrogen and oxygen atoms in total. The van der Waals surface area contributed by atoms with Gasteiger partial charge in [-0.25, -0.2) is 4.79 Å². The molecule has 142 valence electrons. The van der Waals surface area contributed by atoms with Crippen LogP contribution in [0.1, 0.15) is 43.9 Å². The minimum Gasteiger partial charge on any atom is -0.496 e. The maximum Gasteiger partial charge on any atom is 0.411 e. The second-order valence-electron chi connectivity index (χ2n) is 8.19. The van der Waals surface area contributed by atoms with Crippen molar-refractivity contribution < 1.29 is 19.0 Å². The smallest absolute Gasteiger partial charge is 0.411 e. The van der Waals surface area contributed by atoms with Crippen LogP contribution in [0.4, 0.5) is 4.79 Å². The van der Waals surface area contributed by atoms with Crippen molar-refractivity contribution in [2.24, 2.45) is 0 Å². The van der Waals surface area contributed by atoms with Crippen molar-refractivity contribution in [3.05, 3.63) is 34.9 Å². The van der Waals surface area contributed by atoms with Crippen LogP contribution in [0.5, 0.6) is 5.75 Å². The number of hydrogen-bond donors (Lipinski definition) is 0. The Bertz CT molecular complexity index is 709. The third-order valence-electron chi connectivity index (χ3n) is 4.84. The molecule has 0 aromatic heterocycles. The van der Waals surface area contributed by atoms with Gasteiger partial charge >= 0.3 is 6.09 Å². The molecule has 5 heteroatoms. The Hall–Kier alpha value is -2.01. The summed E-state index contributed by atoms with van der Waals surface area (Å²) >= 11 is 0. The Labute approximate surface area is 155 Å². The first-order chi connectivity index (χ1) is 12.2. The van der Waals surface area contributed by atoms with Gasteiger partial charge in [0.25, 0.3) is 0 Å². The van der Waals surface area contributed by atoms with Gasteiger partial charge in [0.2, 0.25) is 0 Å². The average Bonchev–Trinajstić information content (AvgIpc) is 2.51. The van der Waals surface area contributed by atoms with Crippen LogP contribution >= 0.6 is 0 Å². The van der Waals surface area contributed by atoms with Gasteiger partial charge in [-0.2, -0.15) is 0 Å². The highest BCUT2D eigenvalue weighted by atomic mass is 16.6. The molecule has 3 rings (SSSR count). The lowest BCUT2D eigenvalue weighted by Crippen LogP contribution is -2.57. The topological polar surface area (TPSA) is 48.0 Å². The van der Waals surface area contributed by atoms with Crippen molar-refractivity contribution >= 4 is 11.7 Å². The number of methoxy groups -OCH3 is 1. The standard InChI is InChI=1S/C21H29NO4/c1-13-7-15(8-14(2)19(13)24-6)16-9-17-11-25-12-18(10-16)22(17)20(23)26-21(3,4)5/h7-9,17-18H,10-12H2,1-6H3. The highest BCUT2D eigenvalue weighted by molar-refractivity contribution is 5.75. The third-order valence-corrected chi connectivity index (χ3v) is 4.84. The summed E-state index contributed by atoms with van der Waals surface area (Å²) in [5.41, 5.74) is 4.21. The van der Waals surface area contributed by atoms with Gasteiger partial charge in [-0.15, -0.1) is 0 Å². The van der Waals surface area contributed by atoms with Crippen LogP contribution < -0.4 is 4.74 Å². The van der Waals surface area contributed by atoms with Gasteiger partial charge in [-0.1, -0.05) is 6.08 Å². The van der Waals surface area contributed by atoms with Gasteiger partial charge in [-0.3, -0.25) is 4.90 Å². The fraction of sp³-hybridized carbons (Fsp3) is 0.571. The van der Waals surface area contributed by atoms with Gasteiger partial charge in [0.1, 0.15) is 11.4 Å². The predicted molar refractivity (Wildman–Crippen MR) is 102 cm³/mol. The molecule has 0 aliphatic carbocycles. The fourth-order valence-electron chi connectivity index (χ4n) is 3.87. The highest BCUT2D eigenvalue weighted by Gasteiger charge is 2.40. The van der Waals surface area contributed by atoms with Gasteiger partial charge < -0.3 is 14.2 Å². The van der Waals surface area contributed by atoms with E-state index in [1.54, 1.807) is 7.11 Å². The number of morpholine rings is 1. The van der Waals surface area contributed by atoms with Crippen LogP contribution in [0.2, 0.25) is 0 Å². The first-order valence-electron chi connectivity index (χ1n) is 9.15. The molecule has 2 bridgehead atoms. The predicted octanol–water partition coefficient (Wildman–Crippen LogP) is 4.10. The largest absolute Gasteiger partial charge is 0.496 e. The number of rotatable bonds is 2. The van der Waals surface area contributed by atoms with E-state index >= 15 is 0 Å². The second-order valence-corrected chi connectivity index (χ2v) is 8.19. The third kappa shape index (κ3) is 3.73. The summed E-state index contributed by atoms with van der Waals surface area (Å²) in [6.07, 6.45) is 2.66. The van der Waals surface area contributed by atoms with E-state index in [0.29, 0.717) is 13.2 Å². The Balaban J connectivity index is 1.90. The van der Waals surface area contributed by atoms with Crippen molar-refractivity contribution in [3.63, 3.8) is 0 Å². The van der Waals surface area contributed by atoms with Crippen molar-refractivity contribution in [2.45, 2.75) is 58.7 Å². The lowest BCUT2D eigenvalue weighted by molar-refractivity contribution is -0.0510. The number of fused-ring (bicyclic) bond motifs is 2. The van der Waals surface area contributed by atoms with E-state index in [2.05, 4.69) is 32.1 Å². The van der Waals surface area contributed by atoms with Crippen LogP contribution in [-0.2, 0) is 9.47 Å². The molecule has 1 amide bonds. The van der Waals surface area contributed by atoms with E-state index in [9.17, 15) is 4.79 Å². The zero-order valence-electron chi connectivity index (χ0n) is 16.6. The number of aryl methyl sites for hydroxylation is 2. The summed E-state index contributed by atoms with van der Waals surface area (Å²) in [5, 5.41) is 0. The molecule has 2 heterocycles. The Morgan fingerprint density at radius 3 is 2.38 bits per heavy atom. The number of carbonyl (C=O) groups excluding carboxylic acids is 1. The average molecular weight is 359 g/mol. The fourth-order valence-corrected chi connectivity index (χ4v) is 3.87. The van der Waals surface area contributed by atoms with E-state index in [-0.39, 0.29) is 18.2 Å². The van der Waals surface area contributed by atoms with Crippen molar-refractivity contribution in [2.75, 3.05) is 20.3 Å². The molecule has 1 aromatic carbocycles. The maximum absolute atomic E-state index is 12.7. The minimum atomic E-state index is -0.500. The molecular weight excluding hydrogens is 330 g/mol. The number of ether oxygens (including phenoxy) is 3. The van der Waals surface area contributed by atoms with Gasteiger partial charge in [0.05, 0.1) is 32.4 Å². The number of hydrogen-bond acceptors (Lipinski definition) is 4. The number of carbonyl (C=O) groups is 1. The van der Waals surface area contributed by atoms with Gasteiger partial charge in [0.15, 0.2) is 0 Å². The molecule has 26 heavy (non-hydrogen) atoms. The number of nitrogens with zero attached hydrogens (tertiary/aromatic N) is 1. The lowest BCUT2D eigenvalue weighted by atomic mass is 9.88. The van der Waals surface area contributed by atoms with Crippen LogP contribution in [0, 0.1) is 13.8 Å². The molecule has 1 aromatic rings. The first-order valence-corrected chi connectivity index (χ1v) is 9.15. The summed E-state index contributed by atoms with van der Waals surface area (Å²) in [6.45, 7) is 10.9. The second kappa shape index (κ2) is 6.95. The summed E-state index contributed by atoms with van der Waals surface area (Å²) in [7, 11) is 1.70. The maximum atomic E-state index is 12.7. The number of amides is 1. The van der Waals surface area contributed by atoms with Crippen LogP contribution in [0.15, 0.2) is 18.2 Å². The molecule has 0 saturated carbocycles. The van der Waals surface area contributed by atoms with Crippen molar-refractivity contribution in [1.29, 1.82) is 0 Å². The van der Waals surface area contributed by atoms with Crippen molar-refractivity contribution in [1.82, 2.24) is 4.90 Å². The molecule has 2 unspecified atom stereocenters. The van der Waals surface area contributed by atoms with Gasteiger partial charge in [0, 0.05) is 0 Å². The Kier molecular flexibility index (Phi) is 5.02. The minimum absolute atomic E-state index is 0.00585. The summed E-state index contributed by atoms with van der Waals surface area (Å²) < 4.78 is 16.8. The molecule has 0 N–H and O–H groups in total. The summed E-state index contributed by atoms with van der Waals surface area (Å²) in [4.78, 5) is 14.5. The molecule has 2 atom stereocenters. The van der Waals surface area contributed by atoms with E-state index in [1.165, 1.54) is 11.1 Å². The zero-order valence-corrected chi connectivity index (χ0v) is 16.6. The first kappa shape index (κ1) is 18.8. The van der Waals surface area contributed by atoms with E-state index < -0.39 is 5.60 Å². The molecular formula is C21H29NO4. The van der Waals surface area contributed by atoms with Crippen LogP contribution in [0.3, 0.4) is 0 Å². The summed E-state index contributed by atoms with van der Waals surface area (Å²) in [5.74, 6) is 0.934. The molecule has 2 aliphatic heterocycles. The van der Waals surface area contributed by atoms with E-state index in [1.807, 2.05) is 25.7 Å². The van der Waals surface area contributed by atoms with E-state index in [4.69, 9.17) is 14.2 Å². The molecule has 0 radical (unpaired) electrons. The van der Waals surface area contributed by atoms with Crippen LogP contribution in [-0.4, -0.2) is 49.0 Å². The monoisotopic (exact) mass is 359 g/mol. The molecule has 2 aliphatic rings. The SMILES string of the molecule is COc1c(C)cc(C2=CC3COCC(C2)N3C(=O)OC(C)(C)C)cc1C. The molecule has 1 saturated heterocycles. The Morgan fingerprint density at radius 2 is 1.85 bits per heavy atom.